The molecule has 1 atom stereocenters. The SMILES string of the molecule is BC1(c2cccc(F)c2Cl)OC(N)=C(OS(=O)(=O)C(B)(B)c2ccccc2)C1=O. The Hall–Kier alpha value is -2.39. The van der Waals surface area contributed by atoms with Gasteiger partial charge in [-0.3, -0.25) is 4.79 Å². The fraction of sp³-hybridized carbons (Fsp3) is 0.118. The topological polar surface area (TPSA) is 95.7 Å². The Bertz CT molecular complexity index is 1130. The number of rotatable bonds is 5. The summed E-state index contributed by atoms with van der Waals surface area (Å²) in [4.78, 5) is 13.0. The van der Waals surface area contributed by atoms with Crippen molar-refractivity contribution in [2.75, 3.05) is 0 Å². The lowest BCUT2D eigenvalue weighted by Crippen LogP contribution is -2.40. The first-order valence-electron chi connectivity index (χ1n) is 8.59. The number of nitrogens with two attached hydrogens (primary N) is 1. The van der Waals surface area contributed by atoms with Gasteiger partial charge >= 0.3 is 10.1 Å². The lowest BCUT2D eigenvalue weighted by Gasteiger charge is -2.26. The monoisotopic (exact) mass is 433 g/mol. The van der Waals surface area contributed by atoms with E-state index < -0.39 is 43.4 Å². The van der Waals surface area contributed by atoms with E-state index in [0.717, 1.165) is 6.07 Å². The van der Waals surface area contributed by atoms with Gasteiger partial charge < -0.3 is 14.7 Å². The second-order valence-corrected chi connectivity index (χ2v) is 9.65. The van der Waals surface area contributed by atoms with Crippen LogP contribution in [-0.4, -0.2) is 37.7 Å². The summed E-state index contributed by atoms with van der Waals surface area (Å²) in [6, 6.07) is 12.2. The zero-order valence-corrected chi connectivity index (χ0v) is 17.5. The predicted molar refractivity (Wildman–Crippen MR) is 114 cm³/mol. The van der Waals surface area contributed by atoms with Gasteiger partial charge in [-0.15, -0.1) is 0 Å². The summed E-state index contributed by atoms with van der Waals surface area (Å²) < 4.78 is 48.9. The van der Waals surface area contributed by atoms with Gasteiger partial charge in [0.2, 0.25) is 17.4 Å². The molecule has 0 amide bonds. The maximum atomic E-state index is 13.9. The largest absolute Gasteiger partial charge is 0.467 e. The number of hydrogen-bond acceptors (Lipinski definition) is 6. The van der Waals surface area contributed by atoms with Gasteiger partial charge in [-0.25, -0.2) is 4.39 Å². The Morgan fingerprint density at radius 3 is 2.38 bits per heavy atom. The Kier molecular flexibility index (Phi) is 5.25. The second-order valence-electron chi connectivity index (χ2n) is 7.17. The van der Waals surface area contributed by atoms with Gasteiger partial charge in [0, 0.05) is 5.56 Å². The van der Waals surface area contributed by atoms with Crippen molar-refractivity contribution in [2.45, 2.75) is 10.0 Å². The van der Waals surface area contributed by atoms with Gasteiger partial charge in [-0.05, 0) is 11.6 Å². The van der Waals surface area contributed by atoms with Crippen LogP contribution in [0.5, 0.6) is 0 Å². The van der Waals surface area contributed by atoms with Crippen LogP contribution in [0.1, 0.15) is 11.1 Å². The van der Waals surface area contributed by atoms with Gasteiger partial charge in [0.05, 0.1) is 9.57 Å². The zero-order valence-electron chi connectivity index (χ0n) is 15.9. The molecule has 2 aromatic rings. The molecule has 29 heavy (non-hydrogen) atoms. The van der Waals surface area contributed by atoms with Crippen LogP contribution in [0, 0.1) is 5.82 Å². The maximum Gasteiger partial charge on any atom is 0.304 e. The maximum absolute atomic E-state index is 13.9. The summed E-state index contributed by atoms with van der Waals surface area (Å²) in [5.74, 6) is -2.83. The van der Waals surface area contributed by atoms with Crippen LogP contribution in [0.2, 0.25) is 5.02 Å². The van der Waals surface area contributed by atoms with E-state index in [4.69, 9.17) is 26.3 Å². The van der Waals surface area contributed by atoms with Crippen LogP contribution in [0.15, 0.2) is 60.2 Å². The van der Waals surface area contributed by atoms with E-state index in [2.05, 4.69) is 0 Å². The van der Waals surface area contributed by atoms with Crippen molar-refractivity contribution in [1.82, 2.24) is 0 Å². The Labute approximate surface area is 175 Å². The van der Waals surface area contributed by atoms with E-state index in [-0.39, 0.29) is 10.6 Å². The molecule has 3 rings (SSSR count). The number of hydrogen-bond donors (Lipinski definition) is 1. The highest BCUT2D eigenvalue weighted by atomic mass is 35.5. The molecule has 0 fully saturated rings. The number of Topliss-reactive ketones (excluding diaryl/α,β-unsaturated/α-hetero) is 1. The van der Waals surface area contributed by atoms with Crippen molar-refractivity contribution in [2.24, 2.45) is 5.73 Å². The van der Waals surface area contributed by atoms with E-state index in [1.54, 1.807) is 30.3 Å². The van der Waals surface area contributed by atoms with Gasteiger partial charge in [0.1, 0.15) is 21.5 Å². The number of ether oxygens (including phenoxy) is 1. The molecule has 12 heteroatoms. The van der Waals surface area contributed by atoms with Crippen LogP contribution >= 0.6 is 11.6 Å². The van der Waals surface area contributed by atoms with E-state index in [1.165, 1.54) is 35.7 Å². The lowest BCUT2D eigenvalue weighted by atomic mass is 9.65. The van der Waals surface area contributed by atoms with Crippen molar-refractivity contribution in [1.29, 1.82) is 0 Å². The Morgan fingerprint density at radius 1 is 1.14 bits per heavy atom. The standard InChI is InChI=1S/C17H16B3ClFNO5S/c18-16(10-7-4-8-11(22)12(10)21)14(24)13(15(23)27-16)28-29(25,26)17(19,20)9-5-2-1-3-6-9/h1-8H,18-20,23H2. The van der Waals surface area contributed by atoms with Crippen molar-refractivity contribution in [3.63, 3.8) is 0 Å². The smallest absolute Gasteiger partial charge is 0.304 e. The average Bonchev–Trinajstić information content (AvgIpc) is 2.88. The van der Waals surface area contributed by atoms with Crippen LogP contribution in [-0.2, 0) is 33.9 Å². The molecular weight excluding hydrogens is 417 g/mol. The molecule has 2 N–H and O–H groups in total. The van der Waals surface area contributed by atoms with E-state index in [0.29, 0.717) is 5.56 Å². The highest BCUT2D eigenvalue weighted by Gasteiger charge is 2.51. The molecular formula is C17H16B3ClFNO5S. The molecule has 0 spiro atoms. The molecule has 6 nitrogen and oxygen atoms in total. The minimum atomic E-state index is -4.36. The first-order valence-corrected chi connectivity index (χ1v) is 10.4. The van der Waals surface area contributed by atoms with Crippen LogP contribution in [0.4, 0.5) is 4.39 Å². The minimum Gasteiger partial charge on any atom is -0.467 e. The number of carbonyl (C=O) groups is 1. The van der Waals surface area contributed by atoms with Crippen LogP contribution < -0.4 is 5.73 Å². The summed E-state index contributed by atoms with van der Waals surface area (Å²) in [5, 5.41) is -0.329. The molecule has 2 aromatic carbocycles. The predicted octanol–water partition coefficient (Wildman–Crippen LogP) is -0.585. The molecule has 0 saturated carbocycles. The van der Waals surface area contributed by atoms with E-state index in [9.17, 15) is 17.6 Å². The molecule has 0 aromatic heterocycles. The van der Waals surface area contributed by atoms with Crippen molar-refractivity contribution >= 4 is 51.0 Å². The van der Waals surface area contributed by atoms with Crippen molar-refractivity contribution in [3.05, 3.63) is 82.1 Å². The summed E-state index contributed by atoms with van der Waals surface area (Å²) in [6.07, 6.45) is 0. The fourth-order valence-corrected chi connectivity index (χ4v) is 4.28. The summed E-state index contributed by atoms with van der Waals surface area (Å²) in [7, 11) is -0.161. The summed E-state index contributed by atoms with van der Waals surface area (Å²) >= 11 is 5.98. The van der Waals surface area contributed by atoms with Crippen LogP contribution in [0.25, 0.3) is 0 Å². The first-order chi connectivity index (χ1) is 13.4. The quantitative estimate of drug-likeness (QED) is 0.501. The summed E-state index contributed by atoms with van der Waals surface area (Å²) in [6.45, 7) is 0. The number of halogens is 2. The molecule has 148 valence electrons. The van der Waals surface area contributed by atoms with Gasteiger partial charge in [-0.2, -0.15) is 8.42 Å². The molecule has 0 radical (unpaired) electrons. The average molecular weight is 433 g/mol. The van der Waals surface area contributed by atoms with E-state index >= 15 is 0 Å². The van der Waals surface area contributed by atoms with Gasteiger partial charge in [0.25, 0.3) is 0 Å². The van der Waals surface area contributed by atoms with E-state index in [1.807, 2.05) is 0 Å². The normalized spacial score (nSPS) is 19.9. The van der Waals surface area contributed by atoms with Crippen LogP contribution in [0.3, 0.4) is 0 Å². The highest BCUT2D eigenvalue weighted by molar-refractivity contribution is 7.90. The zero-order chi connectivity index (χ0) is 21.6. The third-order valence-corrected chi connectivity index (χ3v) is 7.19. The molecule has 1 aliphatic heterocycles. The van der Waals surface area contributed by atoms with Gasteiger partial charge in [-0.1, -0.05) is 54.1 Å². The fourth-order valence-electron chi connectivity index (χ4n) is 2.97. The summed E-state index contributed by atoms with van der Waals surface area (Å²) in [5.41, 5.74) is 4.41. The molecule has 1 heterocycles. The Balaban J connectivity index is 1.97. The number of ketones is 1. The Morgan fingerprint density at radius 2 is 1.76 bits per heavy atom. The molecule has 1 unspecified atom stereocenters. The van der Waals surface area contributed by atoms with Gasteiger partial charge in [0.15, 0.2) is 13.3 Å². The molecule has 1 aliphatic rings. The molecule has 0 bridgehead atoms. The second kappa shape index (κ2) is 7.14. The highest BCUT2D eigenvalue weighted by Crippen LogP contribution is 2.40. The molecule has 0 aliphatic carbocycles. The number of carbonyl (C=O) groups excluding carboxylic acids is 1. The third-order valence-electron chi connectivity index (χ3n) is 4.93. The minimum absolute atomic E-state index is 0.00503. The van der Waals surface area contributed by atoms with Crippen molar-refractivity contribution < 1.29 is 26.5 Å². The molecule has 0 saturated heterocycles. The lowest BCUT2D eigenvalue weighted by molar-refractivity contribution is -0.126. The van der Waals surface area contributed by atoms with Crippen molar-refractivity contribution in [3.8, 4) is 0 Å². The first kappa shape index (κ1) is 21.3. The number of benzene rings is 2. The third kappa shape index (κ3) is 3.42.